The average molecular weight is 216 g/mol. The van der Waals surface area contributed by atoms with Gasteiger partial charge in [0.25, 0.3) is 0 Å². The summed E-state index contributed by atoms with van der Waals surface area (Å²) < 4.78 is 0. The van der Waals surface area contributed by atoms with Gasteiger partial charge in [0.05, 0.1) is 0 Å². The third-order valence-electron chi connectivity index (χ3n) is 2.68. The molecule has 0 saturated heterocycles. The molecule has 14 heavy (non-hydrogen) atoms. The van der Waals surface area contributed by atoms with Gasteiger partial charge in [-0.05, 0) is 41.9 Å². The predicted octanol–water partition coefficient (Wildman–Crippen LogP) is 4.66. The summed E-state index contributed by atoms with van der Waals surface area (Å²) in [7, 11) is -0.567. The van der Waals surface area contributed by atoms with Crippen LogP contribution in [0.2, 0.25) is 0 Å². The Morgan fingerprint density at radius 1 is 1.00 bits per heavy atom. The topological polar surface area (TPSA) is 0 Å². The van der Waals surface area contributed by atoms with Crippen molar-refractivity contribution in [2.75, 3.05) is 18.8 Å². The van der Waals surface area contributed by atoms with Gasteiger partial charge in [-0.2, -0.15) is 0 Å². The first-order valence-corrected chi connectivity index (χ1v) is 8.23. The second-order valence-electron chi connectivity index (χ2n) is 6.23. The fourth-order valence-electron chi connectivity index (χ4n) is 1.97. The highest BCUT2D eigenvalue weighted by atomic mass is 32.3. The van der Waals surface area contributed by atoms with Crippen LogP contribution in [0.25, 0.3) is 0 Å². The van der Waals surface area contributed by atoms with Gasteiger partial charge in [-0.25, -0.2) is 10.0 Å². The van der Waals surface area contributed by atoms with E-state index in [0.717, 1.165) is 0 Å². The van der Waals surface area contributed by atoms with Crippen molar-refractivity contribution in [3.05, 3.63) is 10.5 Å². The van der Waals surface area contributed by atoms with Crippen LogP contribution in [0.15, 0.2) is 10.5 Å². The number of allylic oxidation sites excluding steroid dienone is 2. The van der Waals surface area contributed by atoms with Gasteiger partial charge in [-0.15, -0.1) is 0 Å². The summed E-state index contributed by atoms with van der Waals surface area (Å²) >= 11 is 0. The number of hydrogen-bond donors (Lipinski definition) is 0. The lowest BCUT2D eigenvalue weighted by Crippen LogP contribution is -2.15. The first kappa shape index (κ1) is 14.1. The summed E-state index contributed by atoms with van der Waals surface area (Å²) in [6, 6.07) is 0. The lowest BCUT2D eigenvalue weighted by molar-refractivity contribution is 0.495. The Hall–Kier alpha value is 0.0900. The van der Waals surface area contributed by atoms with Crippen LogP contribution in [-0.4, -0.2) is 18.8 Å². The molecule has 0 N–H and O–H groups in total. The van der Waals surface area contributed by atoms with E-state index in [0.29, 0.717) is 11.3 Å². The molecule has 0 saturated carbocycles. The third kappa shape index (κ3) is 3.68. The lowest BCUT2D eigenvalue weighted by atomic mass is 9.86. The normalized spacial score (nSPS) is 17.0. The molecular formula is C13H28S. The van der Waals surface area contributed by atoms with Crippen LogP contribution in [0.5, 0.6) is 0 Å². The van der Waals surface area contributed by atoms with Gasteiger partial charge in [0.1, 0.15) is 0 Å². The summed E-state index contributed by atoms with van der Waals surface area (Å²) in [5.41, 5.74) is 1.91. The molecule has 0 aromatic heterocycles. The quantitative estimate of drug-likeness (QED) is 0.630. The highest BCUT2D eigenvalue weighted by molar-refractivity contribution is 8.35. The van der Waals surface area contributed by atoms with E-state index in [1.54, 1.807) is 10.5 Å². The maximum absolute atomic E-state index is 2.40. The predicted molar refractivity (Wildman–Crippen MR) is 72.4 cm³/mol. The van der Waals surface area contributed by atoms with Gasteiger partial charge >= 0.3 is 0 Å². The second-order valence-corrected chi connectivity index (χ2v) is 10.3. The summed E-state index contributed by atoms with van der Waals surface area (Å²) in [6.45, 7) is 13.9. The summed E-state index contributed by atoms with van der Waals surface area (Å²) in [5, 5.41) is 0. The molecular weight excluding hydrogens is 188 g/mol. The maximum Gasteiger partial charge on any atom is -0.0165 e. The Balaban J connectivity index is 5.41. The summed E-state index contributed by atoms with van der Waals surface area (Å²) in [6.07, 6.45) is 7.20. The van der Waals surface area contributed by atoms with E-state index in [2.05, 4.69) is 60.3 Å². The van der Waals surface area contributed by atoms with E-state index in [1.807, 2.05) is 0 Å². The molecule has 0 aliphatic heterocycles. The van der Waals surface area contributed by atoms with Crippen LogP contribution < -0.4 is 0 Å². The molecule has 0 aromatic carbocycles. The van der Waals surface area contributed by atoms with Crippen molar-refractivity contribution in [3.8, 4) is 0 Å². The summed E-state index contributed by atoms with van der Waals surface area (Å²) in [5.74, 6) is 0.684. The molecule has 1 heteroatoms. The van der Waals surface area contributed by atoms with Crippen LogP contribution in [0.1, 0.15) is 41.5 Å². The van der Waals surface area contributed by atoms with Crippen molar-refractivity contribution in [3.63, 3.8) is 0 Å². The molecule has 0 atom stereocenters. The molecule has 0 aliphatic carbocycles. The van der Waals surface area contributed by atoms with Crippen LogP contribution in [-0.2, 0) is 0 Å². The molecule has 0 fully saturated rings. The Kier molecular flexibility index (Phi) is 4.33. The molecule has 0 aromatic rings. The van der Waals surface area contributed by atoms with Crippen LogP contribution >= 0.6 is 10.0 Å². The van der Waals surface area contributed by atoms with Gasteiger partial charge in [-0.1, -0.05) is 40.2 Å². The smallest absolute Gasteiger partial charge is 0.0165 e. The minimum absolute atomic E-state index is 0.319. The third-order valence-corrected chi connectivity index (χ3v) is 4.78. The van der Waals surface area contributed by atoms with E-state index in [4.69, 9.17) is 0 Å². The van der Waals surface area contributed by atoms with Crippen molar-refractivity contribution in [1.29, 1.82) is 0 Å². The second kappa shape index (κ2) is 4.30. The Morgan fingerprint density at radius 2 is 1.36 bits per heavy atom. The number of rotatable bonds is 2. The molecule has 0 aliphatic rings. The largest absolute Gasteiger partial charge is 0.227 e. The van der Waals surface area contributed by atoms with E-state index in [1.165, 1.54) is 0 Å². The van der Waals surface area contributed by atoms with Crippen LogP contribution in [0.3, 0.4) is 0 Å². The average Bonchev–Trinajstić information content (AvgIpc) is 1.79. The van der Waals surface area contributed by atoms with Gasteiger partial charge in [0, 0.05) is 0 Å². The zero-order valence-corrected chi connectivity index (χ0v) is 12.3. The minimum Gasteiger partial charge on any atom is -0.227 e. The Morgan fingerprint density at radius 3 is 1.43 bits per heavy atom. The Labute approximate surface area is 92.5 Å². The van der Waals surface area contributed by atoms with Crippen molar-refractivity contribution in [2.24, 2.45) is 11.3 Å². The molecule has 0 bridgehead atoms. The highest BCUT2D eigenvalue weighted by Crippen LogP contribution is 2.52. The van der Waals surface area contributed by atoms with E-state index >= 15 is 0 Å². The molecule has 0 spiro atoms. The lowest BCUT2D eigenvalue weighted by Gasteiger charge is -2.37. The Bertz CT molecular complexity index is 221. The van der Waals surface area contributed by atoms with Crippen molar-refractivity contribution < 1.29 is 0 Å². The highest BCUT2D eigenvalue weighted by Gasteiger charge is 2.24. The zero-order chi connectivity index (χ0) is 11.7. The minimum atomic E-state index is -0.567. The SMILES string of the molecule is C/C(=C(/C(C)C)S(C)(C)C)C(C)(C)C. The fourth-order valence-corrected chi connectivity index (χ4v) is 4.61. The van der Waals surface area contributed by atoms with Gasteiger partial charge in [0.15, 0.2) is 0 Å². The molecule has 0 radical (unpaired) electrons. The first-order chi connectivity index (χ1) is 5.98. The zero-order valence-electron chi connectivity index (χ0n) is 11.5. The van der Waals surface area contributed by atoms with E-state index in [9.17, 15) is 0 Å². The monoisotopic (exact) mass is 216 g/mol. The molecule has 86 valence electrons. The van der Waals surface area contributed by atoms with Crippen LogP contribution in [0.4, 0.5) is 0 Å². The van der Waals surface area contributed by atoms with Gasteiger partial charge in [0.2, 0.25) is 0 Å². The molecule has 0 heterocycles. The van der Waals surface area contributed by atoms with E-state index in [-0.39, 0.29) is 0 Å². The number of hydrogen-bond acceptors (Lipinski definition) is 0. The standard InChI is InChI=1S/C13H28S/c1-10(2)12(14(7,8)9)11(3)13(4,5)6/h10H,1-9H3/b12-11+. The van der Waals surface area contributed by atoms with Crippen LogP contribution in [0, 0.1) is 11.3 Å². The first-order valence-electron chi connectivity index (χ1n) is 5.37. The molecule has 0 amide bonds. The fraction of sp³-hybridized carbons (Fsp3) is 0.846. The summed E-state index contributed by atoms with van der Waals surface area (Å²) in [4.78, 5) is 1.70. The molecule has 0 rings (SSSR count). The van der Waals surface area contributed by atoms with Crippen molar-refractivity contribution >= 4 is 10.0 Å². The molecule has 0 unspecified atom stereocenters. The maximum atomic E-state index is 2.40. The van der Waals surface area contributed by atoms with Crippen molar-refractivity contribution in [1.82, 2.24) is 0 Å². The van der Waals surface area contributed by atoms with Crippen molar-refractivity contribution in [2.45, 2.75) is 41.5 Å². The molecule has 0 nitrogen and oxygen atoms in total. The van der Waals surface area contributed by atoms with Gasteiger partial charge < -0.3 is 0 Å². The van der Waals surface area contributed by atoms with E-state index < -0.39 is 10.0 Å². The van der Waals surface area contributed by atoms with Gasteiger partial charge in [-0.3, -0.25) is 0 Å².